The summed E-state index contributed by atoms with van der Waals surface area (Å²) in [5.41, 5.74) is 0. The molecule has 1 saturated carbocycles. The van der Waals surface area contributed by atoms with Crippen LogP contribution < -0.4 is 10.6 Å². The smallest absolute Gasteiger partial charge is 0.0606 e. The van der Waals surface area contributed by atoms with E-state index in [0.29, 0.717) is 6.17 Å². The van der Waals surface area contributed by atoms with Crippen LogP contribution in [0.15, 0.2) is 0 Å². The fourth-order valence-corrected chi connectivity index (χ4v) is 4.30. The summed E-state index contributed by atoms with van der Waals surface area (Å²) in [6.07, 6.45) is 7.60. The fourth-order valence-electron chi connectivity index (χ4n) is 3.63. The number of fused-ring (bicyclic) bond motifs is 3. The highest BCUT2D eigenvalue weighted by molar-refractivity contribution is 9.09. The molecule has 2 N–H and O–H groups in total. The highest BCUT2D eigenvalue weighted by atomic mass is 79.9. The molecule has 5 unspecified atom stereocenters. The Balaban J connectivity index is 1.74. The van der Waals surface area contributed by atoms with Crippen LogP contribution >= 0.6 is 15.9 Å². The molecule has 3 aliphatic rings. The van der Waals surface area contributed by atoms with Crippen molar-refractivity contribution in [1.82, 2.24) is 10.6 Å². The highest BCUT2D eigenvalue weighted by Gasteiger charge is 2.45. The van der Waals surface area contributed by atoms with Gasteiger partial charge in [-0.2, -0.15) is 0 Å². The van der Waals surface area contributed by atoms with Crippen LogP contribution in [0.25, 0.3) is 0 Å². The van der Waals surface area contributed by atoms with E-state index in [9.17, 15) is 0 Å². The van der Waals surface area contributed by atoms with Crippen molar-refractivity contribution in [3.63, 3.8) is 0 Å². The van der Waals surface area contributed by atoms with Gasteiger partial charge in [-0.3, -0.25) is 5.32 Å². The maximum absolute atomic E-state index is 3.78. The molecule has 3 rings (SSSR count). The molecule has 0 amide bonds. The van der Waals surface area contributed by atoms with Gasteiger partial charge in [-0.1, -0.05) is 15.9 Å². The third kappa shape index (κ3) is 1.54. The lowest BCUT2D eigenvalue weighted by molar-refractivity contribution is 0.226. The molecular weight excluding hydrogens is 240 g/mol. The monoisotopic (exact) mass is 258 g/mol. The molecular formula is C11H19BrN2. The zero-order chi connectivity index (χ0) is 9.54. The lowest BCUT2D eigenvalue weighted by atomic mass is 9.77. The number of rotatable bonds is 0. The van der Waals surface area contributed by atoms with Gasteiger partial charge in [-0.05, 0) is 50.5 Å². The lowest BCUT2D eigenvalue weighted by Crippen LogP contribution is -2.46. The first kappa shape index (κ1) is 9.61. The Hall–Kier alpha value is 0.400. The highest BCUT2D eigenvalue weighted by Crippen LogP contribution is 2.41. The van der Waals surface area contributed by atoms with E-state index in [1.165, 1.54) is 38.6 Å². The van der Waals surface area contributed by atoms with Crippen LogP contribution in [-0.2, 0) is 0 Å². The Morgan fingerprint density at radius 1 is 1.07 bits per heavy atom. The molecule has 0 aromatic heterocycles. The van der Waals surface area contributed by atoms with Crippen LogP contribution in [0, 0.1) is 11.8 Å². The second-order valence-electron chi connectivity index (χ2n) is 5.09. The van der Waals surface area contributed by atoms with Crippen LogP contribution in [0.2, 0.25) is 0 Å². The molecule has 2 aliphatic heterocycles. The van der Waals surface area contributed by atoms with Crippen LogP contribution in [0.3, 0.4) is 0 Å². The summed E-state index contributed by atoms with van der Waals surface area (Å²) in [6.45, 7) is 1.21. The van der Waals surface area contributed by atoms with Crippen molar-refractivity contribution in [3.8, 4) is 0 Å². The molecule has 0 aromatic rings. The zero-order valence-corrected chi connectivity index (χ0v) is 10.1. The van der Waals surface area contributed by atoms with Crippen molar-refractivity contribution >= 4 is 15.9 Å². The van der Waals surface area contributed by atoms with E-state index < -0.39 is 0 Å². The van der Waals surface area contributed by atoms with Gasteiger partial charge < -0.3 is 5.32 Å². The number of alkyl halides is 1. The predicted octanol–water partition coefficient (Wildman–Crippen LogP) is 1.85. The Kier molecular flexibility index (Phi) is 2.58. The number of hydrogen-bond acceptors (Lipinski definition) is 2. The first-order chi connectivity index (χ1) is 6.84. The number of piperidine rings is 1. The third-order valence-electron chi connectivity index (χ3n) is 4.29. The second kappa shape index (κ2) is 3.76. The topological polar surface area (TPSA) is 24.1 Å². The molecule has 0 aromatic carbocycles. The van der Waals surface area contributed by atoms with E-state index in [0.717, 1.165) is 22.7 Å². The van der Waals surface area contributed by atoms with Gasteiger partial charge in [0, 0.05) is 10.9 Å². The van der Waals surface area contributed by atoms with E-state index in [-0.39, 0.29) is 0 Å². The second-order valence-corrected chi connectivity index (χ2v) is 6.38. The Morgan fingerprint density at radius 3 is 2.93 bits per heavy atom. The summed E-state index contributed by atoms with van der Waals surface area (Å²) < 4.78 is 0. The molecule has 2 heterocycles. The summed E-state index contributed by atoms with van der Waals surface area (Å²) in [5, 5.41) is 7.41. The Labute approximate surface area is 94.3 Å². The molecule has 0 spiro atoms. The Bertz CT molecular complexity index is 221. The quantitative estimate of drug-likeness (QED) is 0.649. The molecule has 5 atom stereocenters. The van der Waals surface area contributed by atoms with E-state index in [4.69, 9.17) is 0 Å². The van der Waals surface area contributed by atoms with Crippen molar-refractivity contribution in [2.24, 2.45) is 11.8 Å². The van der Waals surface area contributed by atoms with E-state index >= 15 is 0 Å². The molecule has 80 valence electrons. The molecule has 2 saturated heterocycles. The first-order valence-corrected chi connectivity index (χ1v) is 6.89. The van der Waals surface area contributed by atoms with E-state index in [2.05, 4.69) is 26.6 Å². The maximum Gasteiger partial charge on any atom is 0.0606 e. The van der Waals surface area contributed by atoms with Gasteiger partial charge in [0.2, 0.25) is 0 Å². The predicted molar refractivity (Wildman–Crippen MR) is 61.5 cm³/mol. The SMILES string of the molecule is BrC1CCC2C(C1)NC1NCCCC12. The minimum atomic E-state index is 0.636. The zero-order valence-electron chi connectivity index (χ0n) is 8.51. The average molecular weight is 259 g/mol. The van der Waals surface area contributed by atoms with Crippen LogP contribution in [0.1, 0.15) is 32.1 Å². The Morgan fingerprint density at radius 2 is 2.00 bits per heavy atom. The van der Waals surface area contributed by atoms with Crippen molar-refractivity contribution in [2.75, 3.05) is 6.54 Å². The average Bonchev–Trinajstić information content (AvgIpc) is 2.54. The van der Waals surface area contributed by atoms with Gasteiger partial charge in [0.1, 0.15) is 0 Å². The summed E-state index contributed by atoms with van der Waals surface area (Å²) in [4.78, 5) is 0.761. The summed E-state index contributed by atoms with van der Waals surface area (Å²) in [7, 11) is 0. The molecule has 0 bridgehead atoms. The number of nitrogens with one attached hydrogen (secondary N) is 2. The minimum Gasteiger partial charge on any atom is -0.302 e. The van der Waals surface area contributed by atoms with Crippen molar-refractivity contribution < 1.29 is 0 Å². The van der Waals surface area contributed by atoms with Gasteiger partial charge in [-0.15, -0.1) is 0 Å². The van der Waals surface area contributed by atoms with Crippen molar-refractivity contribution in [2.45, 2.75) is 49.1 Å². The molecule has 3 fully saturated rings. The van der Waals surface area contributed by atoms with Gasteiger partial charge in [0.15, 0.2) is 0 Å². The van der Waals surface area contributed by atoms with Crippen molar-refractivity contribution in [3.05, 3.63) is 0 Å². The maximum atomic E-state index is 3.78. The largest absolute Gasteiger partial charge is 0.302 e. The van der Waals surface area contributed by atoms with Crippen LogP contribution in [0.5, 0.6) is 0 Å². The molecule has 2 nitrogen and oxygen atoms in total. The fraction of sp³-hybridized carbons (Fsp3) is 1.00. The number of halogens is 1. The summed E-state index contributed by atoms with van der Waals surface area (Å²) >= 11 is 3.76. The molecule has 0 radical (unpaired) electrons. The summed E-state index contributed by atoms with van der Waals surface area (Å²) in [6, 6.07) is 0.786. The third-order valence-corrected chi connectivity index (χ3v) is 5.12. The summed E-state index contributed by atoms with van der Waals surface area (Å²) in [5.74, 6) is 1.88. The van der Waals surface area contributed by atoms with E-state index in [1.54, 1.807) is 0 Å². The molecule has 3 heteroatoms. The first-order valence-electron chi connectivity index (χ1n) is 5.98. The van der Waals surface area contributed by atoms with Gasteiger partial charge >= 0.3 is 0 Å². The standard InChI is InChI=1S/C11H19BrN2/c12-7-3-4-8-9-2-1-5-13-11(9)14-10(8)6-7/h7-11,13-14H,1-6H2. The van der Waals surface area contributed by atoms with Crippen LogP contribution in [-0.4, -0.2) is 23.6 Å². The molecule has 14 heavy (non-hydrogen) atoms. The normalized spacial score (nSPS) is 52.5. The van der Waals surface area contributed by atoms with Gasteiger partial charge in [0.05, 0.1) is 6.17 Å². The van der Waals surface area contributed by atoms with Crippen LogP contribution in [0.4, 0.5) is 0 Å². The molecule has 1 aliphatic carbocycles. The minimum absolute atomic E-state index is 0.636. The lowest BCUT2D eigenvalue weighted by Gasteiger charge is -2.32. The number of hydrogen-bond donors (Lipinski definition) is 2. The van der Waals surface area contributed by atoms with Gasteiger partial charge in [-0.25, -0.2) is 0 Å². The van der Waals surface area contributed by atoms with E-state index in [1.807, 2.05) is 0 Å². The van der Waals surface area contributed by atoms with Crippen molar-refractivity contribution in [1.29, 1.82) is 0 Å². The van der Waals surface area contributed by atoms with Gasteiger partial charge in [0.25, 0.3) is 0 Å².